The van der Waals surface area contributed by atoms with Crippen molar-refractivity contribution in [1.82, 2.24) is 5.32 Å². The Hall–Kier alpha value is -1.90. The highest BCUT2D eigenvalue weighted by Crippen LogP contribution is 2.56. The van der Waals surface area contributed by atoms with E-state index in [1.165, 1.54) is 24.3 Å². The summed E-state index contributed by atoms with van der Waals surface area (Å²) in [7, 11) is -3.97. The minimum absolute atomic E-state index is 0.0220. The highest BCUT2D eigenvalue weighted by molar-refractivity contribution is 9.10. The highest BCUT2D eigenvalue weighted by Gasteiger charge is 2.73. The smallest absolute Gasteiger partial charge is 0.408 e. The van der Waals surface area contributed by atoms with Crippen molar-refractivity contribution in [2.45, 2.75) is 48.0 Å². The molecule has 0 aromatic heterocycles. The molecule has 2 aromatic carbocycles. The lowest BCUT2D eigenvalue weighted by atomic mass is 10.1. The number of aldehydes is 1. The molecule has 2 aromatic rings. The minimum atomic E-state index is -3.97. The summed E-state index contributed by atoms with van der Waals surface area (Å²) in [6.07, 6.45) is -0.368. The molecule has 3 atom stereocenters. The van der Waals surface area contributed by atoms with E-state index >= 15 is 0 Å². The molecule has 9 heteroatoms. The van der Waals surface area contributed by atoms with Crippen molar-refractivity contribution in [1.29, 1.82) is 0 Å². The number of ether oxygens (including phenoxy) is 1. The molecule has 1 N–H and O–H groups in total. The van der Waals surface area contributed by atoms with Crippen LogP contribution < -0.4 is 5.32 Å². The van der Waals surface area contributed by atoms with Gasteiger partial charge in [-0.25, -0.2) is 13.2 Å². The summed E-state index contributed by atoms with van der Waals surface area (Å²) in [5.41, 5.74) is -1.83. The Morgan fingerprint density at radius 1 is 1.13 bits per heavy atom. The van der Waals surface area contributed by atoms with Crippen molar-refractivity contribution in [3.63, 3.8) is 0 Å². The molecule has 1 saturated carbocycles. The fourth-order valence-corrected chi connectivity index (χ4v) is 6.14. The van der Waals surface area contributed by atoms with Crippen LogP contribution in [0.2, 0.25) is 5.02 Å². The van der Waals surface area contributed by atoms with E-state index in [1.807, 2.05) is 0 Å². The van der Waals surface area contributed by atoms with Crippen LogP contribution in [0.4, 0.5) is 4.79 Å². The first kappa shape index (κ1) is 22.8. The molecule has 0 bridgehead atoms. The van der Waals surface area contributed by atoms with E-state index in [9.17, 15) is 18.0 Å². The van der Waals surface area contributed by atoms with Crippen LogP contribution in [0.15, 0.2) is 57.9 Å². The lowest BCUT2D eigenvalue weighted by Gasteiger charge is -2.22. The molecule has 3 rings (SSSR count). The van der Waals surface area contributed by atoms with E-state index in [4.69, 9.17) is 16.3 Å². The van der Waals surface area contributed by atoms with Gasteiger partial charge in [0.15, 0.2) is 9.84 Å². The molecule has 6 nitrogen and oxygen atoms in total. The summed E-state index contributed by atoms with van der Waals surface area (Å²) in [5.74, 6) is -0.767. The van der Waals surface area contributed by atoms with Crippen molar-refractivity contribution in [3.8, 4) is 0 Å². The van der Waals surface area contributed by atoms with Crippen molar-refractivity contribution >= 4 is 49.7 Å². The standard InChI is InChI=1S/C21H21BrClNO5S/c1-20(2,3)29-19(26)24-21(12-25)17(13-4-6-14(22)7-5-13)18(21)30(27,28)16-10-8-15(23)9-11-16/h4-12,17-18H,1-3H3,(H,24,26)/t17-,18+,21-/m1/s1. The van der Waals surface area contributed by atoms with Crippen LogP contribution >= 0.6 is 27.5 Å². The molecule has 0 unspecified atom stereocenters. The third-order valence-corrected chi connectivity index (χ3v) is 7.84. The van der Waals surface area contributed by atoms with Crippen LogP contribution in [0, 0.1) is 0 Å². The lowest BCUT2D eigenvalue weighted by Crippen LogP contribution is -2.45. The second-order valence-corrected chi connectivity index (χ2v) is 11.5. The molecule has 160 valence electrons. The molecule has 1 aliphatic carbocycles. The molecule has 0 heterocycles. The van der Waals surface area contributed by atoms with Crippen molar-refractivity contribution in [2.75, 3.05) is 0 Å². The topological polar surface area (TPSA) is 89.5 Å². The molecule has 0 radical (unpaired) electrons. The second-order valence-electron chi connectivity index (χ2n) is 8.13. The number of carbonyl (C=O) groups excluding carboxylic acids is 2. The molecule has 0 aliphatic heterocycles. The van der Waals surface area contributed by atoms with Gasteiger partial charge in [0, 0.05) is 15.4 Å². The minimum Gasteiger partial charge on any atom is -0.444 e. The van der Waals surface area contributed by atoms with Gasteiger partial charge in [0.25, 0.3) is 0 Å². The van der Waals surface area contributed by atoms with Gasteiger partial charge >= 0.3 is 6.09 Å². The molecular formula is C21H21BrClNO5S. The first-order valence-corrected chi connectivity index (χ1v) is 11.8. The van der Waals surface area contributed by atoms with E-state index < -0.39 is 38.2 Å². The Bertz CT molecular complexity index is 1060. The Labute approximate surface area is 189 Å². The van der Waals surface area contributed by atoms with Crippen molar-refractivity contribution in [2.24, 2.45) is 0 Å². The summed E-state index contributed by atoms with van der Waals surface area (Å²) in [4.78, 5) is 24.7. The average Bonchev–Trinajstić information content (AvgIpc) is 3.30. The predicted octanol–water partition coefficient (Wildman–Crippen LogP) is 4.50. The quantitative estimate of drug-likeness (QED) is 0.593. The van der Waals surface area contributed by atoms with Crippen LogP contribution in [-0.4, -0.2) is 37.2 Å². The van der Waals surface area contributed by atoms with E-state index in [2.05, 4.69) is 21.2 Å². The van der Waals surface area contributed by atoms with Gasteiger partial charge in [-0.3, -0.25) is 0 Å². The summed E-state index contributed by atoms with van der Waals surface area (Å²) in [5, 5.41) is 1.74. The van der Waals surface area contributed by atoms with E-state index in [1.54, 1.807) is 45.0 Å². The zero-order chi connectivity index (χ0) is 22.3. The van der Waals surface area contributed by atoms with Crippen molar-refractivity contribution < 1.29 is 22.7 Å². The zero-order valence-corrected chi connectivity index (χ0v) is 19.7. The average molecular weight is 515 g/mol. The maximum Gasteiger partial charge on any atom is 0.408 e. The van der Waals surface area contributed by atoms with Gasteiger partial charge in [-0.05, 0) is 62.7 Å². The molecule has 1 fully saturated rings. The second kappa shape index (κ2) is 7.98. The number of alkyl carbamates (subject to hydrolysis) is 1. The molecular weight excluding hydrogens is 494 g/mol. The van der Waals surface area contributed by atoms with Gasteiger partial charge in [-0.1, -0.05) is 39.7 Å². The van der Waals surface area contributed by atoms with Gasteiger partial charge in [0.2, 0.25) is 0 Å². The molecule has 0 spiro atoms. The number of sulfone groups is 1. The number of hydrogen-bond donors (Lipinski definition) is 1. The van der Waals surface area contributed by atoms with E-state index in [0.717, 1.165) is 4.47 Å². The van der Waals surface area contributed by atoms with Gasteiger partial charge in [0.1, 0.15) is 22.7 Å². The summed E-state index contributed by atoms with van der Waals surface area (Å²) < 4.78 is 32.9. The Kier molecular flexibility index (Phi) is 6.06. The number of hydrogen-bond acceptors (Lipinski definition) is 5. The van der Waals surface area contributed by atoms with Crippen LogP contribution in [0.1, 0.15) is 32.3 Å². The molecule has 1 aliphatic rings. The fourth-order valence-electron chi connectivity index (χ4n) is 3.50. The lowest BCUT2D eigenvalue weighted by molar-refractivity contribution is -0.110. The Morgan fingerprint density at radius 3 is 2.20 bits per heavy atom. The van der Waals surface area contributed by atoms with Gasteiger partial charge < -0.3 is 14.8 Å². The number of halogens is 2. The van der Waals surface area contributed by atoms with Crippen LogP contribution in [0.3, 0.4) is 0 Å². The normalized spacial score (nSPS) is 23.5. The van der Waals surface area contributed by atoms with Gasteiger partial charge in [0.05, 0.1) is 4.90 Å². The fraction of sp³-hybridized carbons (Fsp3) is 0.333. The number of nitrogens with one attached hydrogen (secondary N) is 1. The molecule has 0 saturated heterocycles. The first-order valence-electron chi connectivity index (χ1n) is 9.13. The predicted molar refractivity (Wildman–Crippen MR) is 117 cm³/mol. The number of rotatable bonds is 5. The van der Waals surface area contributed by atoms with E-state index in [0.29, 0.717) is 16.9 Å². The van der Waals surface area contributed by atoms with Gasteiger partial charge in [-0.15, -0.1) is 0 Å². The molecule has 30 heavy (non-hydrogen) atoms. The van der Waals surface area contributed by atoms with E-state index in [-0.39, 0.29) is 4.90 Å². The maximum absolute atomic E-state index is 13.4. The van der Waals surface area contributed by atoms with Crippen molar-refractivity contribution in [3.05, 3.63) is 63.6 Å². The highest BCUT2D eigenvalue weighted by atomic mass is 79.9. The largest absolute Gasteiger partial charge is 0.444 e. The monoisotopic (exact) mass is 513 g/mol. The Morgan fingerprint density at radius 2 is 1.70 bits per heavy atom. The maximum atomic E-state index is 13.4. The summed E-state index contributed by atoms with van der Waals surface area (Å²) in [6, 6.07) is 12.7. The summed E-state index contributed by atoms with van der Waals surface area (Å²) in [6.45, 7) is 5.05. The van der Waals surface area contributed by atoms with Gasteiger partial charge in [-0.2, -0.15) is 0 Å². The zero-order valence-electron chi connectivity index (χ0n) is 16.6. The Balaban J connectivity index is 2.04. The third-order valence-electron chi connectivity index (χ3n) is 4.80. The summed E-state index contributed by atoms with van der Waals surface area (Å²) >= 11 is 9.22. The van der Waals surface area contributed by atoms with Crippen LogP contribution in [-0.2, 0) is 19.4 Å². The van der Waals surface area contributed by atoms with Crippen LogP contribution in [0.25, 0.3) is 0 Å². The SMILES string of the molecule is CC(C)(C)OC(=O)N[C@]1(C=O)[C@H](c2ccc(Br)cc2)[C@@H]1S(=O)(=O)c1ccc(Cl)cc1. The number of amides is 1. The number of benzene rings is 2. The molecule has 1 amide bonds. The van der Waals surface area contributed by atoms with Crippen LogP contribution in [0.5, 0.6) is 0 Å². The third kappa shape index (κ3) is 4.40. The number of carbonyl (C=O) groups is 2. The first-order chi connectivity index (χ1) is 13.9.